The molecule has 0 aliphatic carbocycles. The number of hydrogen-bond acceptors (Lipinski definition) is 4. The predicted octanol–water partition coefficient (Wildman–Crippen LogP) is 2.21. The molecule has 2 heterocycles. The summed E-state index contributed by atoms with van der Waals surface area (Å²) in [5.41, 5.74) is 2.52. The molecule has 0 radical (unpaired) electrons. The molecule has 0 atom stereocenters. The van der Waals surface area contributed by atoms with E-state index in [1.54, 1.807) is 14.2 Å². The number of imidazole rings is 1. The lowest BCUT2D eigenvalue weighted by Gasteiger charge is -2.10. The van der Waals surface area contributed by atoms with E-state index < -0.39 is 0 Å². The first-order valence-corrected chi connectivity index (χ1v) is 7.60. The van der Waals surface area contributed by atoms with Crippen molar-refractivity contribution in [1.29, 1.82) is 0 Å². The van der Waals surface area contributed by atoms with Crippen LogP contribution in [0.4, 0.5) is 0 Å². The number of carbonyl (C=O) groups is 1. The molecule has 6 nitrogen and oxygen atoms in total. The fourth-order valence-corrected chi connectivity index (χ4v) is 2.49. The van der Waals surface area contributed by atoms with Crippen molar-refractivity contribution in [3.63, 3.8) is 0 Å². The van der Waals surface area contributed by atoms with Crippen molar-refractivity contribution in [1.82, 2.24) is 14.7 Å². The number of nitrogens with zero attached hydrogens (tertiary/aromatic N) is 2. The van der Waals surface area contributed by atoms with Gasteiger partial charge in [0.25, 0.3) is 0 Å². The number of benzene rings is 1. The summed E-state index contributed by atoms with van der Waals surface area (Å²) in [6, 6.07) is 11.3. The van der Waals surface area contributed by atoms with E-state index in [0.29, 0.717) is 18.0 Å². The van der Waals surface area contributed by atoms with E-state index >= 15 is 0 Å². The number of carbonyl (C=O) groups excluding carboxylic acids is 1. The van der Waals surface area contributed by atoms with Crippen LogP contribution in [0.5, 0.6) is 11.5 Å². The molecular formula is C18H19N3O3. The maximum absolute atomic E-state index is 12.1. The van der Waals surface area contributed by atoms with Gasteiger partial charge >= 0.3 is 0 Å². The van der Waals surface area contributed by atoms with E-state index in [-0.39, 0.29) is 12.3 Å². The van der Waals surface area contributed by atoms with Gasteiger partial charge in [-0.1, -0.05) is 12.1 Å². The number of fused-ring (bicyclic) bond motifs is 1. The molecule has 0 aliphatic rings. The van der Waals surface area contributed by atoms with Crippen LogP contribution in [0.25, 0.3) is 5.65 Å². The topological polar surface area (TPSA) is 64.9 Å². The molecule has 0 saturated carbocycles. The Labute approximate surface area is 140 Å². The largest absolute Gasteiger partial charge is 0.493 e. The SMILES string of the molecule is COc1ccc(CNC(=O)Cc2cn3ccccc3n2)cc1OC. The fraction of sp³-hybridized carbons (Fsp3) is 0.222. The van der Waals surface area contributed by atoms with Crippen LogP contribution in [0.15, 0.2) is 48.8 Å². The Morgan fingerprint density at radius 3 is 2.75 bits per heavy atom. The molecule has 0 aliphatic heterocycles. The lowest BCUT2D eigenvalue weighted by molar-refractivity contribution is -0.120. The van der Waals surface area contributed by atoms with Gasteiger partial charge in [-0.05, 0) is 29.8 Å². The zero-order valence-electron chi connectivity index (χ0n) is 13.7. The molecular weight excluding hydrogens is 306 g/mol. The molecule has 0 unspecified atom stereocenters. The van der Waals surface area contributed by atoms with E-state index in [9.17, 15) is 4.79 Å². The second kappa shape index (κ2) is 7.04. The molecule has 1 N–H and O–H groups in total. The van der Waals surface area contributed by atoms with Crippen LogP contribution in [0.3, 0.4) is 0 Å². The van der Waals surface area contributed by atoms with Crippen LogP contribution < -0.4 is 14.8 Å². The van der Waals surface area contributed by atoms with Gasteiger partial charge in [0, 0.05) is 18.9 Å². The first kappa shape index (κ1) is 15.9. The van der Waals surface area contributed by atoms with Crippen molar-refractivity contribution in [2.24, 2.45) is 0 Å². The summed E-state index contributed by atoms with van der Waals surface area (Å²) < 4.78 is 12.4. The average Bonchev–Trinajstić information content (AvgIpc) is 3.01. The minimum Gasteiger partial charge on any atom is -0.493 e. The van der Waals surface area contributed by atoms with E-state index in [2.05, 4.69) is 10.3 Å². The molecule has 1 aromatic carbocycles. The van der Waals surface area contributed by atoms with Crippen LogP contribution in [0.2, 0.25) is 0 Å². The predicted molar refractivity (Wildman–Crippen MR) is 90.3 cm³/mol. The van der Waals surface area contributed by atoms with Crippen LogP contribution in [-0.2, 0) is 17.8 Å². The Morgan fingerprint density at radius 1 is 1.17 bits per heavy atom. The Hall–Kier alpha value is -3.02. The minimum absolute atomic E-state index is 0.0757. The number of aromatic nitrogens is 2. The highest BCUT2D eigenvalue weighted by Crippen LogP contribution is 2.27. The van der Waals surface area contributed by atoms with Crippen LogP contribution in [0, 0.1) is 0 Å². The number of rotatable bonds is 6. The van der Waals surface area contributed by atoms with Crippen LogP contribution in [0.1, 0.15) is 11.3 Å². The molecule has 24 heavy (non-hydrogen) atoms. The van der Waals surface area contributed by atoms with E-state index in [1.807, 2.05) is 53.2 Å². The van der Waals surface area contributed by atoms with E-state index in [1.165, 1.54) is 0 Å². The lowest BCUT2D eigenvalue weighted by atomic mass is 10.2. The Balaban J connectivity index is 1.61. The highest BCUT2D eigenvalue weighted by molar-refractivity contribution is 5.78. The van der Waals surface area contributed by atoms with Crippen molar-refractivity contribution >= 4 is 11.6 Å². The van der Waals surface area contributed by atoms with Crippen molar-refractivity contribution < 1.29 is 14.3 Å². The molecule has 3 aromatic rings. The Bertz CT molecular complexity index is 825. The molecule has 0 saturated heterocycles. The molecule has 3 rings (SSSR count). The van der Waals surface area contributed by atoms with Gasteiger partial charge in [0.15, 0.2) is 11.5 Å². The quantitative estimate of drug-likeness (QED) is 0.755. The molecule has 124 valence electrons. The van der Waals surface area contributed by atoms with Crippen LogP contribution in [-0.4, -0.2) is 29.5 Å². The third-order valence-corrected chi connectivity index (χ3v) is 3.69. The first-order valence-electron chi connectivity index (χ1n) is 7.60. The van der Waals surface area contributed by atoms with Gasteiger partial charge in [-0.3, -0.25) is 4.79 Å². The normalized spacial score (nSPS) is 10.6. The van der Waals surface area contributed by atoms with Gasteiger partial charge in [-0.25, -0.2) is 4.98 Å². The van der Waals surface area contributed by atoms with Crippen molar-refractivity contribution in [2.45, 2.75) is 13.0 Å². The summed E-state index contributed by atoms with van der Waals surface area (Å²) in [6.45, 7) is 0.423. The molecule has 1 amide bonds. The van der Waals surface area contributed by atoms with Gasteiger partial charge in [-0.15, -0.1) is 0 Å². The minimum atomic E-state index is -0.0757. The highest BCUT2D eigenvalue weighted by atomic mass is 16.5. The molecule has 0 fully saturated rings. The molecule has 6 heteroatoms. The Kier molecular flexibility index (Phi) is 4.65. The van der Waals surface area contributed by atoms with Crippen molar-refractivity contribution in [2.75, 3.05) is 14.2 Å². The standard InChI is InChI=1S/C18H19N3O3/c1-23-15-7-6-13(9-16(15)24-2)11-19-18(22)10-14-12-21-8-4-3-5-17(21)20-14/h3-9,12H,10-11H2,1-2H3,(H,19,22). The summed E-state index contributed by atoms with van der Waals surface area (Å²) in [5, 5.41) is 2.90. The average molecular weight is 325 g/mol. The summed E-state index contributed by atoms with van der Waals surface area (Å²) in [4.78, 5) is 16.5. The van der Waals surface area contributed by atoms with Crippen molar-refractivity contribution in [3.8, 4) is 11.5 Å². The number of ether oxygens (including phenoxy) is 2. The van der Waals surface area contributed by atoms with Crippen LogP contribution >= 0.6 is 0 Å². The Morgan fingerprint density at radius 2 is 2.00 bits per heavy atom. The highest BCUT2D eigenvalue weighted by Gasteiger charge is 2.09. The van der Waals surface area contributed by atoms with Gasteiger partial charge in [-0.2, -0.15) is 0 Å². The first-order chi connectivity index (χ1) is 11.7. The zero-order chi connectivity index (χ0) is 16.9. The maximum atomic E-state index is 12.1. The summed E-state index contributed by atoms with van der Waals surface area (Å²) in [5.74, 6) is 1.23. The second-order valence-electron chi connectivity index (χ2n) is 5.34. The molecule has 0 bridgehead atoms. The van der Waals surface area contributed by atoms with Gasteiger partial charge in [0.1, 0.15) is 5.65 Å². The van der Waals surface area contributed by atoms with E-state index in [0.717, 1.165) is 16.9 Å². The number of pyridine rings is 1. The molecule has 2 aromatic heterocycles. The monoisotopic (exact) mass is 325 g/mol. The maximum Gasteiger partial charge on any atom is 0.226 e. The molecule has 0 spiro atoms. The third kappa shape index (κ3) is 3.48. The number of nitrogens with one attached hydrogen (secondary N) is 1. The van der Waals surface area contributed by atoms with Gasteiger partial charge < -0.3 is 19.2 Å². The number of hydrogen-bond donors (Lipinski definition) is 1. The fourth-order valence-electron chi connectivity index (χ4n) is 2.49. The third-order valence-electron chi connectivity index (χ3n) is 3.69. The number of methoxy groups -OCH3 is 2. The van der Waals surface area contributed by atoms with Gasteiger partial charge in [0.2, 0.25) is 5.91 Å². The summed E-state index contributed by atoms with van der Waals surface area (Å²) in [6.07, 6.45) is 4.02. The zero-order valence-corrected chi connectivity index (χ0v) is 13.7. The number of amides is 1. The van der Waals surface area contributed by atoms with Crippen molar-refractivity contribution in [3.05, 3.63) is 60.0 Å². The summed E-state index contributed by atoms with van der Waals surface area (Å²) >= 11 is 0. The summed E-state index contributed by atoms with van der Waals surface area (Å²) in [7, 11) is 3.18. The van der Waals surface area contributed by atoms with E-state index in [4.69, 9.17) is 9.47 Å². The smallest absolute Gasteiger partial charge is 0.226 e. The second-order valence-corrected chi connectivity index (χ2v) is 5.34. The van der Waals surface area contributed by atoms with Gasteiger partial charge in [0.05, 0.1) is 26.3 Å². The lowest BCUT2D eigenvalue weighted by Crippen LogP contribution is -2.24.